The molecule has 0 aliphatic rings. The van der Waals surface area contributed by atoms with Crippen LogP contribution in [-0.4, -0.2) is 42.3 Å². The van der Waals surface area contributed by atoms with Gasteiger partial charge in [0.15, 0.2) is 6.61 Å². The first kappa shape index (κ1) is 15.9. The summed E-state index contributed by atoms with van der Waals surface area (Å²) in [5.74, 6) is 2.38. The van der Waals surface area contributed by atoms with Crippen LogP contribution >= 0.6 is 11.8 Å². The van der Waals surface area contributed by atoms with Crippen molar-refractivity contribution < 1.29 is 14.6 Å². The summed E-state index contributed by atoms with van der Waals surface area (Å²) >= 11 is 1.72. The normalized spacial score (nSPS) is 10.2. The fraction of sp³-hybridized carbons (Fsp3) is 0.500. The molecule has 0 aromatic heterocycles. The molecular formula is C14H21NO3S. The molecule has 1 aromatic carbocycles. The molecule has 0 bridgehead atoms. The van der Waals surface area contributed by atoms with Gasteiger partial charge in [-0.2, -0.15) is 11.8 Å². The van der Waals surface area contributed by atoms with Crippen molar-refractivity contribution >= 4 is 17.7 Å². The average Bonchev–Trinajstić information content (AvgIpc) is 2.42. The van der Waals surface area contributed by atoms with Crippen molar-refractivity contribution in [2.75, 3.05) is 31.3 Å². The van der Waals surface area contributed by atoms with Gasteiger partial charge in [-0.1, -0.05) is 17.7 Å². The van der Waals surface area contributed by atoms with Crippen molar-refractivity contribution in [1.82, 2.24) is 5.32 Å². The standard InChI is InChI=1S/C14H21NO3S/c1-12-3-5-13(6-4-12)18-11-14(17)15-7-10-19-9-2-8-16/h3-6,16H,2,7-11H2,1H3,(H,15,17). The van der Waals surface area contributed by atoms with Gasteiger partial charge in [-0.05, 0) is 31.2 Å². The molecule has 0 aliphatic heterocycles. The number of hydrogen-bond donors (Lipinski definition) is 2. The van der Waals surface area contributed by atoms with Crippen molar-refractivity contribution in [2.45, 2.75) is 13.3 Å². The van der Waals surface area contributed by atoms with Gasteiger partial charge >= 0.3 is 0 Å². The maximum atomic E-state index is 11.5. The number of benzene rings is 1. The van der Waals surface area contributed by atoms with Crippen molar-refractivity contribution in [1.29, 1.82) is 0 Å². The first-order valence-electron chi connectivity index (χ1n) is 6.37. The number of aliphatic hydroxyl groups is 1. The number of carbonyl (C=O) groups is 1. The Kier molecular flexibility index (Phi) is 8.09. The minimum absolute atomic E-state index is 0.0460. The summed E-state index contributed by atoms with van der Waals surface area (Å²) in [6.45, 7) is 2.91. The zero-order chi connectivity index (χ0) is 13.9. The van der Waals surface area contributed by atoms with Gasteiger partial charge in [0, 0.05) is 18.9 Å². The number of rotatable bonds is 9. The van der Waals surface area contributed by atoms with E-state index in [2.05, 4.69) is 5.32 Å². The van der Waals surface area contributed by atoms with Gasteiger partial charge in [0.2, 0.25) is 0 Å². The van der Waals surface area contributed by atoms with Crippen LogP contribution in [0.15, 0.2) is 24.3 Å². The summed E-state index contributed by atoms with van der Waals surface area (Å²) in [4.78, 5) is 11.5. The molecule has 0 fully saturated rings. The van der Waals surface area contributed by atoms with E-state index < -0.39 is 0 Å². The third-order valence-electron chi connectivity index (χ3n) is 2.41. The van der Waals surface area contributed by atoms with Gasteiger partial charge in [-0.3, -0.25) is 4.79 Å². The number of nitrogens with one attached hydrogen (secondary N) is 1. The minimum atomic E-state index is -0.108. The second-order valence-electron chi connectivity index (χ2n) is 4.14. The second-order valence-corrected chi connectivity index (χ2v) is 5.37. The largest absolute Gasteiger partial charge is 0.484 e. The van der Waals surface area contributed by atoms with E-state index >= 15 is 0 Å². The summed E-state index contributed by atoms with van der Waals surface area (Å²) in [5.41, 5.74) is 1.16. The number of carbonyl (C=O) groups excluding carboxylic acids is 1. The molecular weight excluding hydrogens is 262 g/mol. The summed E-state index contributed by atoms with van der Waals surface area (Å²) < 4.78 is 5.37. The quantitative estimate of drug-likeness (QED) is 0.676. The molecule has 5 heteroatoms. The van der Waals surface area contributed by atoms with E-state index in [0.29, 0.717) is 12.3 Å². The SMILES string of the molecule is Cc1ccc(OCC(=O)NCCSCCCO)cc1. The van der Waals surface area contributed by atoms with Crippen molar-refractivity contribution in [3.63, 3.8) is 0 Å². The molecule has 0 spiro atoms. The van der Waals surface area contributed by atoms with Crippen molar-refractivity contribution in [3.05, 3.63) is 29.8 Å². The van der Waals surface area contributed by atoms with Crippen LogP contribution in [0.5, 0.6) is 5.75 Å². The Balaban J connectivity index is 2.06. The monoisotopic (exact) mass is 283 g/mol. The van der Waals surface area contributed by atoms with Crippen LogP contribution in [0, 0.1) is 6.92 Å². The van der Waals surface area contributed by atoms with Crippen molar-refractivity contribution in [3.8, 4) is 5.75 Å². The molecule has 1 rings (SSSR count). The summed E-state index contributed by atoms with van der Waals surface area (Å²) in [6.07, 6.45) is 0.801. The topological polar surface area (TPSA) is 58.6 Å². The number of amides is 1. The van der Waals surface area contributed by atoms with Crippen LogP contribution in [0.25, 0.3) is 0 Å². The lowest BCUT2D eigenvalue weighted by molar-refractivity contribution is -0.122. The molecule has 0 aliphatic carbocycles. The maximum absolute atomic E-state index is 11.5. The molecule has 1 amide bonds. The second kappa shape index (κ2) is 9.69. The van der Waals surface area contributed by atoms with E-state index in [1.807, 2.05) is 31.2 Å². The van der Waals surface area contributed by atoms with E-state index in [0.717, 1.165) is 23.5 Å². The Bertz CT molecular complexity index is 367. The number of aliphatic hydroxyl groups excluding tert-OH is 1. The Morgan fingerprint density at radius 2 is 2.05 bits per heavy atom. The molecule has 0 saturated heterocycles. The third kappa shape index (κ3) is 7.74. The molecule has 0 atom stereocenters. The first-order valence-corrected chi connectivity index (χ1v) is 7.52. The van der Waals surface area contributed by atoms with E-state index in [1.165, 1.54) is 0 Å². The predicted octanol–water partition coefficient (Wildman–Crippen LogP) is 1.61. The molecule has 19 heavy (non-hydrogen) atoms. The Morgan fingerprint density at radius 1 is 1.32 bits per heavy atom. The van der Waals surface area contributed by atoms with E-state index in [9.17, 15) is 4.79 Å². The van der Waals surface area contributed by atoms with Gasteiger partial charge in [0.1, 0.15) is 5.75 Å². The highest BCUT2D eigenvalue weighted by Crippen LogP contribution is 2.10. The fourth-order valence-corrected chi connectivity index (χ4v) is 2.15. The smallest absolute Gasteiger partial charge is 0.257 e. The molecule has 1 aromatic rings. The first-order chi connectivity index (χ1) is 9.22. The third-order valence-corrected chi connectivity index (χ3v) is 3.48. The van der Waals surface area contributed by atoms with Gasteiger partial charge in [0.25, 0.3) is 5.91 Å². The molecule has 0 unspecified atom stereocenters. The Labute approximate surface area is 118 Å². The minimum Gasteiger partial charge on any atom is -0.484 e. The van der Waals surface area contributed by atoms with Crippen LogP contribution < -0.4 is 10.1 Å². The lowest BCUT2D eigenvalue weighted by atomic mass is 10.2. The fourth-order valence-electron chi connectivity index (χ4n) is 1.37. The zero-order valence-corrected chi connectivity index (χ0v) is 12.0. The van der Waals surface area contributed by atoms with Crippen LogP contribution in [0.2, 0.25) is 0 Å². The van der Waals surface area contributed by atoms with Gasteiger partial charge in [-0.25, -0.2) is 0 Å². The molecule has 0 heterocycles. The van der Waals surface area contributed by atoms with Crippen molar-refractivity contribution in [2.24, 2.45) is 0 Å². The maximum Gasteiger partial charge on any atom is 0.257 e. The highest BCUT2D eigenvalue weighted by Gasteiger charge is 2.01. The highest BCUT2D eigenvalue weighted by molar-refractivity contribution is 7.99. The number of ether oxygens (including phenoxy) is 1. The molecule has 4 nitrogen and oxygen atoms in total. The van der Waals surface area contributed by atoms with Gasteiger partial charge < -0.3 is 15.2 Å². The molecule has 0 saturated carbocycles. The summed E-state index contributed by atoms with van der Waals surface area (Å²) in [5, 5.41) is 11.4. The lowest BCUT2D eigenvalue weighted by Gasteiger charge is -2.07. The van der Waals surface area contributed by atoms with Crippen LogP contribution in [-0.2, 0) is 4.79 Å². The van der Waals surface area contributed by atoms with E-state index in [4.69, 9.17) is 9.84 Å². The zero-order valence-electron chi connectivity index (χ0n) is 11.2. The Hall–Kier alpha value is -1.20. The van der Waals surface area contributed by atoms with E-state index in [-0.39, 0.29) is 19.1 Å². The number of hydrogen-bond acceptors (Lipinski definition) is 4. The lowest BCUT2D eigenvalue weighted by Crippen LogP contribution is -2.30. The molecule has 106 valence electrons. The predicted molar refractivity (Wildman–Crippen MR) is 78.7 cm³/mol. The van der Waals surface area contributed by atoms with E-state index in [1.54, 1.807) is 11.8 Å². The van der Waals surface area contributed by atoms with Crippen LogP contribution in [0.4, 0.5) is 0 Å². The molecule has 2 N–H and O–H groups in total. The summed E-state index contributed by atoms with van der Waals surface area (Å²) in [6, 6.07) is 7.61. The highest BCUT2D eigenvalue weighted by atomic mass is 32.2. The molecule has 0 radical (unpaired) electrons. The average molecular weight is 283 g/mol. The van der Waals surface area contributed by atoms with Gasteiger partial charge in [-0.15, -0.1) is 0 Å². The van der Waals surface area contributed by atoms with Crippen LogP contribution in [0.1, 0.15) is 12.0 Å². The van der Waals surface area contributed by atoms with Crippen LogP contribution in [0.3, 0.4) is 0 Å². The number of aryl methyl sites for hydroxylation is 1. The summed E-state index contributed by atoms with van der Waals surface area (Å²) in [7, 11) is 0. The van der Waals surface area contributed by atoms with Gasteiger partial charge in [0.05, 0.1) is 0 Å². The number of thioether (sulfide) groups is 1. The Morgan fingerprint density at radius 3 is 2.74 bits per heavy atom.